The van der Waals surface area contributed by atoms with Gasteiger partial charge >= 0.3 is 6.01 Å². The second-order valence-corrected chi connectivity index (χ2v) is 14.7. The Morgan fingerprint density at radius 3 is 2.71 bits per heavy atom. The molecule has 0 bridgehead atoms. The summed E-state index contributed by atoms with van der Waals surface area (Å²) in [5.41, 5.74) is 0.811. The molecule has 0 unspecified atom stereocenters. The van der Waals surface area contributed by atoms with Crippen LogP contribution >= 0.6 is 11.6 Å². The Hall–Kier alpha value is -4.72. The number of hydrogen-bond acceptors (Lipinski definition) is 11. The SMILES string of the molecule is CN(c1nc(OCC23CCCN2CCC3)nc2c(F)c(-c3cccc4cccc(Cl)c34)ncc12)[C@@H]1CCN(C(=O)/C=C/c2nc(C3COC3)no2)C1. The van der Waals surface area contributed by atoms with E-state index in [1.54, 1.807) is 23.2 Å². The number of hydrogen-bond donors (Lipinski definition) is 0. The summed E-state index contributed by atoms with van der Waals surface area (Å²) in [5, 5.41) is 6.58. The average molecular weight is 725 g/mol. The Morgan fingerprint density at radius 2 is 1.92 bits per heavy atom. The largest absolute Gasteiger partial charge is 0.461 e. The first-order chi connectivity index (χ1) is 25.4. The molecule has 1 atom stereocenters. The van der Waals surface area contributed by atoms with Crippen LogP contribution in [0, 0.1) is 5.82 Å². The van der Waals surface area contributed by atoms with Crippen LogP contribution in [0.5, 0.6) is 6.01 Å². The minimum Gasteiger partial charge on any atom is -0.461 e. The van der Waals surface area contributed by atoms with Gasteiger partial charge in [0.1, 0.15) is 23.6 Å². The molecule has 0 radical (unpaired) electrons. The lowest BCUT2D eigenvalue weighted by Crippen LogP contribution is -2.43. The van der Waals surface area contributed by atoms with Gasteiger partial charge in [0.2, 0.25) is 5.91 Å². The Kier molecular flexibility index (Phi) is 8.51. The maximum atomic E-state index is 16.9. The van der Waals surface area contributed by atoms with Crippen molar-refractivity contribution in [2.75, 3.05) is 57.9 Å². The highest BCUT2D eigenvalue weighted by Gasteiger charge is 2.45. The fourth-order valence-electron chi connectivity index (χ4n) is 8.24. The molecule has 12 nitrogen and oxygen atoms in total. The summed E-state index contributed by atoms with van der Waals surface area (Å²) >= 11 is 6.65. The molecule has 4 aliphatic rings. The van der Waals surface area contributed by atoms with E-state index in [2.05, 4.69) is 20.0 Å². The number of carbonyl (C=O) groups is 1. The van der Waals surface area contributed by atoms with Crippen molar-refractivity contribution >= 4 is 51.1 Å². The number of nitrogens with zero attached hydrogens (tertiary/aromatic N) is 8. The first-order valence-corrected chi connectivity index (χ1v) is 18.3. The number of halogens is 2. The number of aromatic nitrogens is 5. The van der Waals surface area contributed by atoms with Gasteiger partial charge in [0.05, 0.1) is 30.1 Å². The molecule has 4 fully saturated rings. The quantitative estimate of drug-likeness (QED) is 0.169. The lowest BCUT2D eigenvalue weighted by molar-refractivity contribution is -0.124. The predicted molar refractivity (Wildman–Crippen MR) is 194 cm³/mol. The van der Waals surface area contributed by atoms with Crippen molar-refractivity contribution in [2.24, 2.45) is 0 Å². The summed E-state index contributed by atoms with van der Waals surface area (Å²) in [6, 6.07) is 11.3. The zero-order valence-electron chi connectivity index (χ0n) is 28.8. The van der Waals surface area contributed by atoms with E-state index < -0.39 is 5.82 Å². The van der Waals surface area contributed by atoms with E-state index >= 15 is 4.39 Å². The second-order valence-electron chi connectivity index (χ2n) is 14.3. The van der Waals surface area contributed by atoms with Gasteiger partial charge < -0.3 is 23.8 Å². The van der Waals surface area contributed by atoms with Gasteiger partial charge in [-0.05, 0) is 56.6 Å². The minimum absolute atomic E-state index is 0.0414. The second kappa shape index (κ2) is 13.4. The van der Waals surface area contributed by atoms with E-state index in [9.17, 15) is 4.79 Å². The fourth-order valence-corrected chi connectivity index (χ4v) is 8.52. The summed E-state index contributed by atoms with van der Waals surface area (Å²) in [6.07, 6.45) is 9.69. The number of amides is 1. The van der Waals surface area contributed by atoms with Gasteiger partial charge in [0.15, 0.2) is 11.6 Å². The molecule has 1 amide bonds. The van der Waals surface area contributed by atoms with Gasteiger partial charge in [0.25, 0.3) is 5.89 Å². The zero-order valence-corrected chi connectivity index (χ0v) is 29.6. The normalized spacial score (nSPS) is 20.3. The number of fused-ring (bicyclic) bond motifs is 3. The van der Waals surface area contributed by atoms with Crippen molar-refractivity contribution in [1.29, 1.82) is 0 Å². The number of carbonyl (C=O) groups excluding carboxylic acids is 1. The highest BCUT2D eigenvalue weighted by molar-refractivity contribution is 6.36. The third-order valence-electron chi connectivity index (χ3n) is 11.2. The molecule has 7 heterocycles. The van der Waals surface area contributed by atoms with Crippen LogP contribution in [-0.4, -0.2) is 105 Å². The highest BCUT2D eigenvalue weighted by Crippen LogP contribution is 2.40. The van der Waals surface area contributed by atoms with Crippen LogP contribution in [0.15, 0.2) is 53.2 Å². The Morgan fingerprint density at radius 1 is 1.12 bits per heavy atom. The van der Waals surface area contributed by atoms with Gasteiger partial charge in [-0.1, -0.05) is 47.1 Å². The van der Waals surface area contributed by atoms with E-state index in [0.717, 1.165) is 49.5 Å². The lowest BCUT2D eigenvalue weighted by Gasteiger charge is -2.31. The van der Waals surface area contributed by atoms with Crippen LogP contribution in [0.2, 0.25) is 5.02 Å². The number of anilines is 1. The molecular formula is C38H38ClFN8O4. The van der Waals surface area contributed by atoms with Crippen molar-refractivity contribution in [2.45, 2.75) is 49.6 Å². The molecule has 268 valence electrons. The molecule has 0 aliphatic carbocycles. The van der Waals surface area contributed by atoms with Crippen LogP contribution in [0.1, 0.15) is 49.7 Å². The summed E-state index contributed by atoms with van der Waals surface area (Å²) < 4.78 is 33.8. The van der Waals surface area contributed by atoms with E-state index in [1.165, 1.54) is 6.08 Å². The monoisotopic (exact) mass is 724 g/mol. The molecule has 0 spiro atoms. The Balaban J connectivity index is 1.02. The number of likely N-dealkylation sites (N-methyl/N-ethyl adjacent to an activating group) is 1. The number of benzene rings is 2. The first-order valence-electron chi connectivity index (χ1n) is 17.9. The van der Waals surface area contributed by atoms with Crippen molar-refractivity contribution in [1.82, 2.24) is 34.9 Å². The van der Waals surface area contributed by atoms with Crippen LogP contribution < -0.4 is 9.64 Å². The molecule has 52 heavy (non-hydrogen) atoms. The maximum absolute atomic E-state index is 16.9. The van der Waals surface area contributed by atoms with E-state index in [1.807, 2.05) is 42.3 Å². The molecule has 5 aromatic rings. The third-order valence-corrected chi connectivity index (χ3v) is 11.5. The molecule has 9 rings (SSSR count). The molecule has 2 aromatic carbocycles. The first kappa shape index (κ1) is 33.1. The third kappa shape index (κ3) is 5.84. The molecule has 0 N–H and O–H groups in total. The summed E-state index contributed by atoms with van der Waals surface area (Å²) in [5.74, 6) is 0.754. The molecule has 3 aromatic heterocycles. The van der Waals surface area contributed by atoms with Gasteiger partial charge in [0, 0.05) is 60.5 Å². The molecule has 14 heteroatoms. The predicted octanol–water partition coefficient (Wildman–Crippen LogP) is 5.89. The van der Waals surface area contributed by atoms with E-state index in [-0.39, 0.29) is 46.5 Å². The van der Waals surface area contributed by atoms with Gasteiger partial charge in [-0.25, -0.2) is 4.39 Å². The van der Waals surface area contributed by atoms with Gasteiger partial charge in [-0.15, -0.1) is 0 Å². The van der Waals surface area contributed by atoms with Crippen LogP contribution in [-0.2, 0) is 9.53 Å². The fraction of sp³-hybridized carbons (Fsp3) is 0.421. The Bertz CT molecular complexity index is 2190. The van der Waals surface area contributed by atoms with Crippen molar-refractivity contribution < 1.29 is 23.2 Å². The lowest BCUT2D eigenvalue weighted by atomic mass is 9.95. The van der Waals surface area contributed by atoms with Crippen molar-refractivity contribution in [3.05, 3.63) is 71.2 Å². The summed E-state index contributed by atoms with van der Waals surface area (Å²) in [6.45, 7) is 4.68. The summed E-state index contributed by atoms with van der Waals surface area (Å²) in [4.78, 5) is 38.1. The van der Waals surface area contributed by atoms with Crippen molar-refractivity contribution in [3.63, 3.8) is 0 Å². The highest BCUT2D eigenvalue weighted by atomic mass is 35.5. The average Bonchev–Trinajstić information content (AvgIpc) is 3.94. The molecule has 4 aliphatic heterocycles. The number of ether oxygens (including phenoxy) is 2. The standard InChI is InChI=1S/C38H38ClFN8O4/c1-46(25-12-17-47(19-25)30(49)11-10-29-42-35(45-52-29)24-20-50-21-24)36-27-18-41-33(26-8-2-6-23-7-3-9-28(39)31(23)26)32(40)34(27)43-37(44-36)51-22-38-13-4-15-48(38)16-5-14-38/h2-3,6-11,18,24-25H,4-5,12-17,19-22H2,1H3/b11-10+/t25-/m1/s1. The zero-order chi connectivity index (χ0) is 35.4. The summed E-state index contributed by atoms with van der Waals surface area (Å²) in [7, 11) is 1.91. The van der Waals surface area contributed by atoms with Crippen molar-refractivity contribution in [3.8, 4) is 17.3 Å². The smallest absolute Gasteiger partial charge is 0.319 e. The van der Waals surface area contributed by atoms with Gasteiger partial charge in [-0.3, -0.25) is 14.7 Å². The number of rotatable bonds is 9. The topological polar surface area (TPSA) is 123 Å². The van der Waals surface area contributed by atoms with E-state index in [4.69, 9.17) is 35.6 Å². The maximum Gasteiger partial charge on any atom is 0.319 e. The molecule has 4 saturated heterocycles. The van der Waals surface area contributed by atoms with E-state index in [0.29, 0.717) is 66.9 Å². The molecular weight excluding hydrogens is 687 g/mol. The van der Waals surface area contributed by atoms with Crippen LogP contribution in [0.4, 0.5) is 10.2 Å². The Labute approximate surface area is 304 Å². The van der Waals surface area contributed by atoms with Gasteiger partial charge in [-0.2, -0.15) is 15.0 Å². The van der Waals surface area contributed by atoms with Crippen LogP contribution in [0.3, 0.4) is 0 Å². The number of likely N-dealkylation sites (tertiary alicyclic amines) is 1. The number of pyridine rings is 1. The molecule has 0 saturated carbocycles. The minimum atomic E-state index is -0.573. The van der Waals surface area contributed by atoms with Crippen LogP contribution in [0.25, 0.3) is 39.0 Å².